The summed E-state index contributed by atoms with van der Waals surface area (Å²) in [6, 6.07) is 8.60. The molecule has 0 fully saturated rings. The van der Waals surface area contributed by atoms with Gasteiger partial charge in [-0.15, -0.1) is 0 Å². The number of rotatable bonds is 6. The Morgan fingerprint density at radius 1 is 1.07 bits per heavy atom. The number of benzene rings is 2. The van der Waals surface area contributed by atoms with Crippen LogP contribution >= 0.6 is 0 Å². The first-order valence-electron chi connectivity index (χ1n) is 9.97. The van der Waals surface area contributed by atoms with E-state index in [1.54, 1.807) is 29.2 Å². The summed E-state index contributed by atoms with van der Waals surface area (Å²) in [6.45, 7) is 4.22. The number of anilines is 1. The number of ether oxygens (including phenoxy) is 2. The Kier molecular flexibility index (Phi) is 6.59. The SMILES string of the molecule is COc1cc(OC)cc(C(=O)NC(C(=O)N2CCCc3ccc(F)cc32)C(C)C)c1. The lowest BCUT2D eigenvalue weighted by Gasteiger charge is -2.34. The van der Waals surface area contributed by atoms with Gasteiger partial charge in [0.15, 0.2) is 0 Å². The third-order valence-electron chi connectivity index (χ3n) is 5.26. The molecule has 1 aliphatic rings. The molecule has 3 rings (SSSR count). The van der Waals surface area contributed by atoms with Gasteiger partial charge in [0.1, 0.15) is 23.4 Å². The van der Waals surface area contributed by atoms with Gasteiger partial charge in [-0.25, -0.2) is 4.39 Å². The minimum atomic E-state index is -0.760. The lowest BCUT2D eigenvalue weighted by Crippen LogP contribution is -2.52. The summed E-state index contributed by atoms with van der Waals surface area (Å²) in [7, 11) is 3.01. The van der Waals surface area contributed by atoms with E-state index in [-0.39, 0.29) is 17.6 Å². The maximum Gasteiger partial charge on any atom is 0.252 e. The van der Waals surface area contributed by atoms with Crippen LogP contribution in [0.15, 0.2) is 36.4 Å². The van der Waals surface area contributed by atoms with Crippen LogP contribution in [0.25, 0.3) is 0 Å². The van der Waals surface area contributed by atoms with Crippen molar-refractivity contribution in [2.24, 2.45) is 5.92 Å². The third kappa shape index (κ3) is 4.56. The predicted octanol–water partition coefficient (Wildman–Crippen LogP) is 3.58. The van der Waals surface area contributed by atoms with Gasteiger partial charge in [-0.1, -0.05) is 19.9 Å². The smallest absolute Gasteiger partial charge is 0.252 e. The number of methoxy groups -OCH3 is 2. The topological polar surface area (TPSA) is 67.9 Å². The molecule has 0 radical (unpaired) electrons. The van der Waals surface area contributed by atoms with Crippen molar-refractivity contribution in [3.05, 3.63) is 53.3 Å². The van der Waals surface area contributed by atoms with Crippen LogP contribution in [0.2, 0.25) is 0 Å². The average Bonchev–Trinajstić information content (AvgIpc) is 2.75. The summed E-state index contributed by atoms with van der Waals surface area (Å²) >= 11 is 0. The van der Waals surface area contributed by atoms with Crippen molar-refractivity contribution in [2.45, 2.75) is 32.7 Å². The Morgan fingerprint density at radius 2 is 1.73 bits per heavy atom. The van der Waals surface area contributed by atoms with Crippen LogP contribution in [0.1, 0.15) is 36.2 Å². The van der Waals surface area contributed by atoms with Crippen LogP contribution in [0.4, 0.5) is 10.1 Å². The fourth-order valence-corrected chi connectivity index (χ4v) is 3.62. The monoisotopic (exact) mass is 414 g/mol. The molecule has 1 heterocycles. The molecular formula is C23H27FN2O4. The van der Waals surface area contributed by atoms with E-state index in [9.17, 15) is 14.0 Å². The maximum absolute atomic E-state index is 13.8. The minimum absolute atomic E-state index is 0.159. The van der Waals surface area contributed by atoms with Crippen molar-refractivity contribution in [3.8, 4) is 11.5 Å². The summed E-state index contributed by atoms with van der Waals surface area (Å²) in [5.74, 6) is -0.245. The van der Waals surface area contributed by atoms with Crippen LogP contribution in [0.3, 0.4) is 0 Å². The molecule has 0 saturated heterocycles. The summed E-state index contributed by atoms with van der Waals surface area (Å²) in [6.07, 6.45) is 1.58. The Hall–Kier alpha value is -3.09. The van der Waals surface area contributed by atoms with E-state index < -0.39 is 11.9 Å². The number of aryl methyl sites for hydroxylation is 1. The molecule has 0 saturated carbocycles. The number of carbonyl (C=O) groups is 2. The molecule has 1 aliphatic heterocycles. The molecule has 160 valence electrons. The highest BCUT2D eigenvalue weighted by molar-refractivity contribution is 6.03. The number of carbonyl (C=O) groups excluding carboxylic acids is 2. The standard InChI is InChI=1S/C23H27FN2O4/c1-14(2)21(25-22(27)16-10-18(29-3)13-19(11-16)30-4)23(28)26-9-5-6-15-7-8-17(24)12-20(15)26/h7-8,10-14,21H,5-6,9H2,1-4H3,(H,25,27). The van der Waals surface area contributed by atoms with E-state index in [0.717, 1.165) is 18.4 Å². The van der Waals surface area contributed by atoms with Crippen molar-refractivity contribution in [3.63, 3.8) is 0 Å². The molecule has 6 nitrogen and oxygen atoms in total. The zero-order valence-electron chi connectivity index (χ0n) is 17.7. The lowest BCUT2D eigenvalue weighted by atomic mass is 9.97. The highest BCUT2D eigenvalue weighted by Gasteiger charge is 2.32. The fourth-order valence-electron chi connectivity index (χ4n) is 3.62. The Bertz CT molecular complexity index is 923. The van der Waals surface area contributed by atoms with Gasteiger partial charge >= 0.3 is 0 Å². The second-order valence-corrected chi connectivity index (χ2v) is 7.66. The number of nitrogens with one attached hydrogen (secondary N) is 1. The first-order chi connectivity index (χ1) is 14.3. The van der Waals surface area contributed by atoms with Gasteiger partial charge < -0.3 is 19.7 Å². The highest BCUT2D eigenvalue weighted by Crippen LogP contribution is 2.29. The molecule has 7 heteroatoms. The van der Waals surface area contributed by atoms with Crippen molar-refractivity contribution in [1.29, 1.82) is 0 Å². The van der Waals surface area contributed by atoms with Crippen molar-refractivity contribution >= 4 is 17.5 Å². The Balaban J connectivity index is 1.86. The van der Waals surface area contributed by atoms with E-state index in [0.29, 0.717) is 29.3 Å². The summed E-state index contributed by atoms with van der Waals surface area (Å²) in [4.78, 5) is 27.9. The predicted molar refractivity (Wildman–Crippen MR) is 113 cm³/mol. The van der Waals surface area contributed by atoms with Gasteiger partial charge in [0.25, 0.3) is 5.91 Å². The molecule has 1 unspecified atom stereocenters. The van der Waals surface area contributed by atoms with Gasteiger partial charge in [0, 0.05) is 23.9 Å². The third-order valence-corrected chi connectivity index (χ3v) is 5.26. The minimum Gasteiger partial charge on any atom is -0.497 e. The maximum atomic E-state index is 13.8. The number of nitrogens with zero attached hydrogens (tertiary/aromatic N) is 1. The molecule has 2 aromatic rings. The largest absolute Gasteiger partial charge is 0.497 e. The quantitative estimate of drug-likeness (QED) is 0.785. The van der Waals surface area contributed by atoms with Gasteiger partial charge in [0.05, 0.1) is 14.2 Å². The molecule has 2 aromatic carbocycles. The van der Waals surface area contributed by atoms with E-state index in [1.165, 1.54) is 26.4 Å². The van der Waals surface area contributed by atoms with Gasteiger partial charge in [-0.05, 0) is 48.6 Å². The number of halogens is 1. The highest BCUT2D eigenvalue weighted by atomic mass is 19.1. The van der Waals surface area contributed by atoms with Crippen molar-refractivity contribution < 1.29 is 23.5 Å². The Morgan fingerprint density at radius 3 is 2.33 bits per heavy atom. The Labute approximate surface area is 176 Å². The molecular weight excluding hydrogens is 387 g/mol. The van der Waals surface area contributed by atoms with E-state index >= 15 is 0 Å². The van der Waals surface area contributed by atoms with E-state index in [1.807, 2.05) is 13.8 Å². The van der Waals surface area contributed by atoms with Crippen LogP contribution in [-0.2, 0) is 11.2 Å². The molecule has 0 aromatic heterocycles. The number of fused-ring (bicyclic) bond motifs is 1. The summed E-state index contributed by atoms with van der Waals surface area (Å²) in [5.41, 5.74) is 1.84. The first-order valence-corrected chi connectivity index (χ1v) is 9.97. The fraction of sp³-hybridized carbons (Fsp3) is 0.391. The van der Waals surface area contributed by atoms with Gasteiger partial charge in [-0.3, -0.25) is 9.59 Å². The second kappa shape index (κ2) is 9.15. The molecule has 1 atom stereocenters. The van der Waals surface area contributed by atoms with Crippen LogP contribution < -0.4 is 19.7 Å². The van der Waals surface area contributed by atoms with Crippen LogP contribution in [0.5, 0.6) is 11.5 Å². The number of hydrogen-bond acceptors (Lipinski definition) is 4. The van der Waals surface area contributed by atoms with Crippen LogP contribution in [-0.4, -0.2) is 38.6 Å². The summed E-state index contributed by atoms with van der Waals surface area (Å²) < 4.78 is 24.3. The van der Waals surface area contributed by atoms with Crippen molar-refractivity contribution in [2.75, 3.05) is 25.7 Å². The van der Waals surface area contributed by atoms with Crippen LogP contribution in [0, 0.1) is 11.7 Å². The van der Waals surface area contributed by atoms with E-state index in [4.69, 9.17) is 9.47 Å². The number of hydrogen-bond donors (Lipinski definition) is 1. The molecule has 30 heavy (non-hydrogen) atoms. The zero-order chi connectivity index (χ0) is 21.8. The lowest BCUT2D eigenvalue weighted by molar-refractivity contribution is -0.121. The molecule has 0 aliphatic carbocycles. The number of amides is 2. The van der Waals surface area contributed by atoms with E-state index in [2.05, 4.69) is 5.32 Å². The first kappa shape index (κ1) is 21.6. The molecule has 1 N–H and O–H groups in total. The van der Waals surface area contributed by atoms with Gasteiger partial charge in [-0.2, -0.15) is 0 Å². The van der Waals surface area contributed by atoms with Crippen molar-refractivity contribution in [1.82, 2.24) is 5.32 Å². The molecule has 0 bridgehead atoms. The van der Waals surface area contributed by atoms with Gasteiger partial charge in [0.2, 0.25) is 5.91 Å². The second-order valence-electron chi connectivity index (χ2n) is 7.66. The molecule has 2 amide bonds. The zero-order valence-corrected chi connectivity index (χ0v) is 17.7. The average molecular weight is 414 g/mol. The summed E-state index contributed by atoms with van der Waals surface area (Å²) in [5, 5.41) is 2.84. The molecule has 0 spiro atoms. The normalized spacial score (nSPS) is 14.1.